The second-order valence-corrected chi connectivity index (χ2v) is 7.00. The van der Waals surface area contributed by atoms with Gasteiger partial charge in [0, 0.05) is 11.6 Å². The van der Waals surface area contributed by atoms with Crippen molar-refractivity contribution in [3.63, 3.8) is 0 Å². The van der Waals surface area contributed by atoms with Gasteiger partial charge in [-0.25, -0.2) is 13.4 Å². The molecule has 0 bridgehead atoms. The van der Waals surface area contributed by atoms with E-state index in [1.807, 2.05) is 0 Å². The number of nitroso groups, excluding NO2 is 1. The number of rotatable bonds is 5. The van der Waals surface area contributed by atoms with Crippen molar-refractivity contribution in [3.8, 4) is 0 Å². The van der Waals surface area contributed by atoms with E-state index in [0.717, 1.165) is 0 Å². The molecule has 0 amide bonds. The Morgan fingerprint density at radius 3 is 1.79 bits per heavy atom. The van der Waals surface area contributed by atoms with Crippen molar-refractivity contribution >= 4 is 23.2 Å². The predicted octanol–water partition coefficient (Wildman–Crippen LogP) is 0.802. The lowest BCUT2D eigenvalue weighted by atomic mass is 12.0. The highest BCUT2D eigenvalue weighted by Crippen LogP contribution is 2.66. The second kappa shape index (κ2) is 4.30. The summed E-state index contributed by atoms with van der Waals surface area (Å²) < 4.78 is 38.3. The zero-order valence-corrected chi connectivity index (χ0v) is 9.26. The van der Waals surface area contributed by atoms with Gasteiger partial charge >= 0.3 is 23.2 Å². The van der Waals surface area contributed by atoms with E-state index in [4.69, 9.17) is 14.7 Å². The lowest BCUT2D eigenvalue weighted by Crippen LogP contribution is -1.90. The summed E-state index contributed by atoms with van der Waals surface area (Å²) in [5.41, 5.74) is 0. The maximum absolute atomic E-state index is 10.7. The van der Waals surface area contributed by atoms with Gasteiger partial charge in [0.05, 0.1) is 0 Å². The molecular formula is CH6NO9P3. The van der Waals surface area contributed by atoms with Gasteiger partial charge in [0.15, 0.2) is 0 Å². The minimum absolute atomic E-state index is 0.538. The van der Waals surface area contributed by atoms with E-state index >= 15 is 0 Å². The first-order valence-corrected chi connectivity index (χ1v) is 7.76. The Morgan fingerprint density at radius 2 is 1.50 bits per heavy atom. The van der Waals surface area contributed by atoms with Crippen LogP contribution in [0.1, 0.15) is 0 Å². The minimum Gasteiger partial charge on any atom is -0.324 e. The lowest BCUT2D eigenvalue weighted by molar-refractivity contribution is 0.257. The van der Waals surface area contributed by atoms with Crippen molar-refractivity contribution < 1.29 is 37.0 Å². The van der Waals surface area contributed by atoms with Crippen molar-refractivity contribution in [2.75, 3.05) is 6.66 Å². The maximum Gasteiger partial charge on any atom is 0.496 e. The molecule has 0 aromatic carbocycles. The molecule has 13 heteroatoms. The molecule has 0 aliphatic rings. The van der Waals surface area contributed by atoms with Crippen LogP contribution in [0.5, 0.6) is 0 Å². The van der Waals surface area contributed by atoms with Gasteiger partial charge < -0.3 is 14.7 Å². The van der Waals surface area contributed by atoms with Gasteiger partial charge in [-0.3, -0.25) is 4.57 Å². The summed E-state index contributed by atoms with van der Waals surface area (Å²) in [6.45, 7) is 0.538. The molecular weight excluding hydrogens is 263 g/mol. The van der Waals surface area contributed by atoms with E-state index in [0.29, 0.717) is 6.66 Å². The average molecular weight is 269 g/mol. The summed E-state index contributed by atoms with van der Waals surface area (Å²) in [6, 6.07) is 0. The normalized spacial score (nSPS) is 24.3. The molecule has 14 heavy (non-hydrogen) atoms. The molecule has 0 aliphatic heterocycles. The smallest absolute Gasteiger partial charge is 0.324 e. The zero-order chi connectivity index (χ0) is 11.6. The molecule has 0 saturated carbocycles. The number of nitrogens with zero attached hydrogens (tertiary/aromatic N) is 1. The fourth-order valence-electron chi connectivity index (χ4n) is 0.356. The maximum atomic E-state index is 10.7. The molecule has 0 aromatic rings. The first-order valence-electron chi connectivity index (χ1n) is 2.71. The van der Waals surface area contributed by atoms with Gasteiger partial charge in [0.2, 0.25) is 0 Å². The fraction of sp³-hybridized carbons (Fsp3) is 1.00. The van der Waals surface area contributed by atoms with Crippen molar-refractivity contribution in [3.05, 3.63) is 4.91 Å². The number of hydrogen-bond acceptors (Lipinski definition) is 6. The van der Waals surface area contributed by atoms with E-state index in [9.17, 15) is 18.6 Å². The summed E-state index contributed by atoms with van der Waals surface area (Å²) in [7, 11) is -14.9. The molecule has 0 rings (SSSR count). The van der Waals surface area contributed by atoms with Crippen molar-refractivity contribution in [1.29, 1.82) is 0 Å². The first kappa shape index (κ1) is 14.1. The Bertz CT molecular complexity index is 353. The Labute approximate surface area is 77.6 Å². The van der Waals surface area contributed by atoms with Crippen molar-refractivity contribution in [1.82, 2.24) is 0 Å². The number of phosphoric acid groups is 1. The third-order valence-corrected chi connectivity index (χ3v) is 4.49. The van der Waals surface area contributed by atoms with Gasteiger partial charge in [-0.15, -0.1) is 4.91 Å². The van der Waals surface area contributed by atoms with E-state index < -0.39 is 23.2 Å². The summed E-state index contributed by atoms with van der Waals surface area (Å²) >= 11 is 0. The van der Waals surface area contributed by atoms with Crippen LogP contribution in [0.25, 0.3) is 0 Å². The molecule has 0 radical (unpaired) electrons. The Balaban J connectivity index is 4.68. The van der Waals surface area contributed by atoms with Crippen LogP contribution in [-0.2, 0) is 22.3 Å². The predicted molar refractivity (Wildman–Crippen MR) is 43.4 cm³/mol. The summed E-state index contributed by atoms with van der Waals surface area (Å²) in [5, 5.41) is 0. The molecule has 0 heterocycles. The summed E-state index contributed by atoms with van der Waals surface area (Å²) in [6.07, 6.45) is 0. The van der Waals surface area contributed by atoms with Crippen LogP contribution in [0.3, 0.4) is 0 Å². The van der Waals surface area contributed by atoms with Crippen LogP contribution >= 0.6 is 23.2 Å². The third kappa shape index (κ3) is 6.53. The van der Waals surface area contributed by atoms with Crippen LogP contribution in [-0.4, -0.2) is 21.3 Å². The van der Waals surface area contributed by atoms with Gasteiger partial charge in [-0.2, -0.15) is 4.31 Å². The Hall–Kier alpha value is 0.0900. The minimum atomic E-state index is -5.27. The van der Waals surface area contributed by atoms with Crippen molar-refractivity contribution in [2.24, 2.45) is 4.95 Å². The van der Waals surface area contributed by atoms with Crippen LogP contribution in [0.2, 0.25) is 0 Å². The Morgan fingerprint density at radius 1 is 1.07 bits per heavy atom. The average Bonchev–Trinajstić information content (AvgIpc) is 1.78. The molecule has 0 saturated heterocycles. The van der Waals surface area contributed by atoms with Crippen molar-refractivity contribution in [2.45, 2.75) is 0 Å². The van der Waals surface area contributed by atoms with E-state index in [-0.39, 0.29) is 0 Å². The highest BCUT2D eigenvalue weighted by molar-refractivity contribution is 7.68. The van der Waals surface area contributed by atoms with Crippen LogP contribution in [0, 0.1) is 4.91 Å². The molecule has 84 valence electrons. The SMILES string of the molecule is C[P@](=O)(O)OP(=O)(O)OP(=O)(O)N=O. The van der Waals surface area contributed by atoms with E-state index in [2.05, 4.69) is 8.62 Å². The van der Waals surface area contributed by atoms with Crippen LogP contribution in [0.15, 0.2) is 4.95 Å². The molecule has 2 unspecified atom stereocenters. The van der Waals surface area contributed by atoms with Gasteiger partial charge in [0.25, 0.3) is 0 Å². The molecule has 3 N–H and O–H groups in total. The monoisotopic (exact) mass is 269 g/mol. The molecule has 10 nitrogen and oxygen atoms in total. The van der Waals surface area contributed by atoms with Crippen LogP contribution in [0.4, 0.5) is 0 Å². The quantitative estimate of drug-likeness (QED) is 0.484. The lowest BCUT2D eigenvalue weighted by Gasteiger charge is -2.12. The highest BCUT2D eigenvalue weighted by atomic mass is 31.3. The second-order valence-electron chi connectivity index (χ2n) is 2.01. The van der Waals surface area contributed by atoms with Crippen LogP contribution < -0.4 is 0 Å². The van der Waals surface area contributed by atoms with Gasteiger partial charge in [-0.05, 0) is 0 Å². The standard InChI is InChI=1S/CH6NO9P3/c1-12(4,5)10-14(8,9)11-13(6,7)2-3/h1H3,(H,4,5)(H,6,7)(H,8,9). The molecule has 3 atom stereocenters. The van der Waals surface area contributed by atoms with Gasteiger partial charge in [-0.1, -0.05) is 0 Å². The topological polar surface area (TPSA) is 160 Å². The molecule has 0 aromatic heterocycles. The first-order chi connectivity index (χ1) is 5.97. The Kier molecular flexibility index (Phi) is 4.33. The van der Waals surface area contributed by atoms with E-state index in [1.54, 1.807) is 0 Å². The van der Waals surface area contributed by atoms with Gasteiger partial charge in [0.1, 0.15) is 0 Å². The molecule has 0 spiro atoms. The molecule has 0 fully saturated rings. The largest absolute Gasteiger partial charge is 0.496 e. The number of hydrogen-bond donors (Lipinski definition) is 3. The third-order valence-electron chi connectivity index (χ3n) is 0.567. The van der Waals surface area contributed by atoms with E-state index in [1.165, 1.54) is 4.95 Å². The summed E-state index contributed by atoms with van der Waals surface area (Å²) in [4.78, 5) is 36.4. The highest BCUT2D eigenvalue weighted by Gasteiger charge is 2.39. The zero-order valence-electron chi connectivity index (χ0n) is 6.58. The summed E-state index contributed by atoms with van der Waals surface area (Å²) in [5.74, 6) is 0. The fourth-order valence-corrected chi connectivity index (χ4v) is 3.47. The molecule has 0 aliphatic carbocycles.